The Morgan fingerprint density at radius 2 is 0.635 bits per heavy atom. The summed E-state index contributed by atoms with van der Waals surface area (Å²) in [6.07, 6.45) is 0. The Morgan fingerprint density at radius 3 is 1.04 bits per heavy atom. The zero-order valence-corrected chi connectivity index (χ0v) is 28.3. The summed E-state index contributed by atoms with van der Waals surface area (Å²) in [5, 5.41) is 10.4. The number of pyridine rings is 1. The van der Waals surface area contributed by atoms with E-state index in [9.17, 15) is 0 Å². The number of benzene rings is 6. The van der Waals surface area contributed by atoms with E-state index in [1.54, 1.807) is 0 Å². The summed E-state index contributed by atoms with van der Waals surface area (Å²) < 4.78 is 4.10. The minimum atomic E-state index is 0.854. The molecule has 0 spiro atoms. The molecule has 0 aliphatic carbocycles. The van der Waals surface area contributed by atoms with Gasteiger partial charge in [0.25, 0.3) is 0 Å². The van der Waals surface area contributed by atoms with Gasteiger partial charge in [0.1, 0.15) is 0 Å². The van der Waals surface area contributed by atoms with Gasteiger partial charge in [0.15, 0.2) is 0 Å². The van der Waals surface area contributed by atoms with E-state index < -0.39 is 0 Å². The fourth-order valence-electron chi connectivity index (χ4n) is 6.74. The SMILES string of the molecule is c1ccc(-c2cc(-c3ccccc3)n(-c3ccccc3-c3cccc(-c4ccccc4-n4nc(-c5ccccc5)cc4-c4ccccc4)n3)n2)cc1. The van der Waals surface area contributed by atoms with Gasteiger partial charge in [-0.05, 0) is 36.4 Å². The standard InChI is InChI=1S/C47H33N5/c1-5-18-34(19-6-1)42-32-46(36-22-9-3-10-23-36)51(49-42)44-30-15-13-26-38(44)40-28-17-29-41(48-40)39-27-14-16-31-45(39)52-47(37-24-11-4-12-25-37)33-43(50-52)35-20-7-2-8-21-35/h1-33H. The topological polar surface area (TPSA) is 48.5 Å². The molecule has 0 fully saturated rings. The average Bonchev–Trinajstić information content (AvgIpc) is 3.89. The minimum Gasteiger partial charge on any atom is -0.248 e. The van der Waals surface area contributed by atoms with Gasteiger partial charge in [-0.1, -0.05) is 164 Å². The highest BCUT2D eigenvalue weighted by atomic mass is 15.3. The summed E-state index contributed by atoms with van der Waals surface area (Å²) in [4.78, 5) is 5.34. The zero-order valence-electron chi connectivity index (χ0n) is 28.3. The molecule has 0 amide bonds. The quantitative estimate of drug-likeness (QED) is 0.162. The van der Waals surface area contributed by atoms with Gasteiger partial charge in [-0.3, -0.25) is 0 Å². The van der Waals surface area contributed by atoms with E-state index in [0.717, 1.165) is 78.9 Å². The lowest BCUT2D eigenvalue weighted by Gasteiger charge is -2.15. The second kappa shape index (κ2) is 13.7. The molecule has 0 atom stereocenters. The van der Waals surface area contributed by atoms with Crippen molar-refractivity contribution in [2.45, 2.75) is 0 Å². The Kier molecular flexibility index (Phi) is 8.12. The van der Waals surface area contributed by atoms with Crippen molar-refractivity contribution in [2.75, 3.05) is 0 Å². The van der Waals surface area contributed by atoms with Crippen molar-refractivity contribution in [3.05, 3.63) is 200 Å². The molecular weight excluding hydrogens is 635 g/mol. The minimum absolute atomic E-state index is 0.854. The number of rotatable bonds is 8. The van der Waals surface area contributed by atoms with Crippen LogP contribution in [0.1, 0.15) is 0 Å². The third-order valence-corrected chi connectivity index (χ3v) is 9.26. The van der Waals surface area contributed by atoms with Crippen LogP contribution in [0.2, 0.25) is 0 Å². The Morgan fingerprint density at radius 1 is 0.288 bits per heavy atom. The number of nitrogens with zero attached hydrogens (tertiary/aromatic N) is 5. The van der Waals surface area contributed by atoms with Crippen molar-refractivity contribution in [3.63, 3.8) is 0 Å². The van der Waals surface area contributed by atoms with E-state index in [2.05, 4.69) is 161 Å². The van der Waals surface area contributed by atoms with Gasteiger partial charge in [0.2, 0.25) is 0 Å². The van der Waals surface area contributed by atoms with E-state index in [-0.39, 0.29) is 0 Å². The molecule has 0 aliphatic rings. The fraction of sp³-hybridized carbons (Fsp3) is 0. The highest BCUT2D eigenvalue weighted by molar-refractivity contribution is 5.80. The summed E-state index contributed by atoms with van der Waals surface area (Å²) >= 11 is 0. The maximum Gasteiger partial charge on any atom is 0.0934 e. The van der Waals surface area contributed by atoms with E-state index in [4.69, 9.17) is 15.2 Å². The molecule has 3 aromatic heterocycles. The smallest absolute Gasteiger partial charge is 0.0934 e. The highest BCUT2D eigenvalue weighted by Gasteiger charge is 2.19. The molecule has 3 heterocycles. The van der Waals surface area contributed by atoms with Crippen LogP contribution >= 0.6 is 0 Å². The summed E-state index contributed by atoms with van der Waals surface area (Å²) in [5.41, 5.74) is 13.7. The third-order valence-electron chi connectivity index (χ3n) is 9.26. The highest BCUT2D eigenvalue weighted by Crippen LogP contribution is 2.36. The van der Waals surface area contributed by atoms with Crippen molar-refractivity contribution in [1.82, 2.24) is 24.5 Å². The van der Waals surface area contributed by atoms with Crippen LogP contribution in [-0.2, 0) is 0 Å². The molecule has 6 aromatic carbocycles. The average molecular weight is 668 g/mol. The second-order valence-electron chi connectivity index (χ2n) is 12.6. The van der Waals surface area contributed by atoms with Gasteiger partial charge in [0.05, 0.1) is 45.5 Å². The molecule has 246 valence electrons. The Hall–Kier alpha value is -7.11. The number of para-hydroxylation sites is 2. The molecule has 0 aliphatic heterocycles. The summed E-state index contributed by atoms with van der Waals surface area (Å²) in [7, 11) is 0. The molecule has 0 saturated carbocycles. The van der Waals surface area contributed by atoms with Gasteiger partial charge in [-0.15, -0.1) is 0 Å². The molecule has 0 N–H and O–H groups in total. The molecule has 9 aromatic rings. The van der Waals surface area contributed by atoms with E-state index in [0.29, 0.717) is 0 Å². The van der Waals surface area contributed by atoms with Crippen molar-refractivity contribution in [1.29, 1.82) is 0 Å². The third kappa shape index (κ3) is 5.91. The number of aromatic nitrogens is 5. The summed E-state index contributed by atoms with van der Waals surface area (Å²) in [6, 6.07) is 68.8. The van der Waals surface area contributed by atoms with Crippen LogP contribution in [-0.4, -0.2) is 24.5 Å². The van der Waals surface area contributed by atoms with Crippen LogP contribution in [0.25, 0.3) is 78.9 Å². The number of hydrogen-bond acceptors (Lipinski definition) is 3. The Labute approximate surface area is 302 Å². The second-order valence-corrected chi connectivity index (χ2v) is 12.6. The van der Waals surface area contributed by atoms with E-state index in [1.807, 2.05) is 48.5 Å². The fourth-order valence-corrected chi connectivity index (χ4v) is 6.74. The van der Waals surface area contributed by atoms with Gasteiger partial charge in [-0.2, -0.15) is 10.2 Å². The van der Waals surface area contributed by atoms with Gasteiger partial charge < -0.3 is 0 Å². The van der Waals surface area contributed by atoms with Gasteiger partial charge in [-0.25, -0.2) is 14.3 Å². The van der Waals surface area contributed by atoms with Gasteiger partial charge >= 0.3 is 0 Å². The van der Waals surface area contributed by atoms with Crippen LogP contribution in [0.4, 0.5) is 0 Å². The van der Waals surface area contributed by atoms with E-state index in [1.165, 1.54) is 0 Å². The predicted molar refractivity (Wildman–Crippen MR) is 211 cm³/mol. The van der Waals surface area contributed by atoms with Crippen LogP contribution in [0.15, 0.2) is 200 Å². The maximum absolute atomic E-state index is 5.34. The van der Waals surface area contributed by atoms with Gasteiger partial charge in [0, 0.05) is 33.4 Å². The van der Waals surface area contributed by atoms with Crippen molar-refractivity contribution in [3.8, 4) is 78.9 Å². The number of hydrogen-bond donors (Lipinski definition) is 0. The molecule has 0 bridgehead atoms. The maximum atomic E-state index is 5.34. The lowest BCUT2D eigenvalue weighted by molar-refractivity contribution is 0.891. The van der Waals surface area contributed by atoms with Crippen LogP contribution in [0.5, 0.6) is 0 Å². The molecule has 5 nitrogen and oxygen atoms in total. The molecule has 0 unspecified atom stereocenters. The first kappa shape index (κ1) is 30.9. The first-order valence-corrected chi connectivity index (χ1v) is 17.4. The van der Waals surface area contributed by atoms with Crippen LogP contribution in [0, 0.1) is 0 Å². The lowest BCUT2D eigenvalue weighted by Crippen LogP contribution is -2.04. The van der Waals surface area contributed by atoms with Crippen LogP contribution < -0.4 is 0 Å². The summed E-state index contributed by atoms with van der Waals surface area (Å²) in [6.45, 7) is 0. The molecule has 0 saturated heterocycles. The van der Waals surface area contributed by atoms with Crippen molar-refractivity contribution in [2.24, 2.45) is 0 Å². The molecule has 52 heavy (non-hydrogen) atoms. The van der Waals surface area contributed by atoms with Crippen molar-refractivity contribution >= 4 is 0 Å². The molecular formula is C47H33N5. The molecule has 5 heteroatoms. The zero-order chi connectivity index (χ0) is 34.7. The van der Waals surface area contributed by atoms with E-state index >= 15 is 0 Å². The largest absolute Gasteiger partial charge is 0.248 e. The normalized spacial score (nSPS) is 11.1. The molecule has 9 rings (SSSR count). The lowest BCUT2D eigenvalue weighted by atomic mass is 10.0. The summed E-state index contributed by atoms with van der Waals surface area (Å²) in [5.74, 6) is 0. The molecule has 0 radical (unpaired) electrons. The van der Waals surface area contributed by atoms with Crippen molar-refractivity contribution < 1.29 is 0 Å². The Bertz CT molecular complexity index is 2430. The Balaban J connectivity index is 1.18. The predicted octanol–water partition coefficient (Wildman–Crippen LogP) is 11.5. The first-order chi connectivity index (χ1) is 25.8. The van der Waals surface area contributed by atoms with Crippen LogP contribution in [0.3, 0.4) is 0 Å². The first-order valence-electron chi connectivity index (χ1n) is 17.4. The monoisotopic (exact) mass is 667 g/mol.